The Morgan fingerprint density at radius 2 is 2.00 bits per heavy atom. The molecule has 0 radical (unpaired) electrons. The molecule has 0 spiro atoms. The van der Waals surface area contributed by atoms with Gasteiger partial charge in [0.2, 0.25) is 0 Å². The maximum Gasteiger partial charge on any atom is 0.162 e. The van der Waals surface area contributed by atoms with E-state index < -0.39 is 5.93 Å². The average Bonchev–Trinajstić information content (AvgIpc) is 0.811. The largest absolute Gasteiger partial charge is 0.162 e. The lowest BCUT2D eigenvalue weighted by molar-refractivity contribution is 4.78. The minimum Gasteiger partial charge on any atom is -0.0998 e. The van der Waals surface area contributed by atoms with Crippen LogP contribution in [0.4, 0.5) is 0 Å². The smallest absolute Gasteiger partial charge is 0.0998 e. The van der Waals surface area contributed by atoms with Gasteiger partial charge in [-0.15, -0.1) is 0 Å². The minimum absolute atomic E-state index is 0.824. The molecule has 0 aliphatic carbocycles. The molecule has 0 saturated carbocycles. The second-order valence-corrected chi connectivity index (χ2v) is 5.62. The highest BCUT2D eigenvalue weighted by Crippen LogP contribution is 2.16. The van der Waals surface area contributed by atoms with Crippen LogP contribution in [0.2, 0.25) is 0 Å². The molecule has 0 bridgehead atoms. The molecule has 4 heavy (non-hydrogen) atoms. The van der Waals surface area contributed by atoms with E-state index in [-0.39, 0.29) is 0 Å². The Morgan fingerprint density at radius 3 is 2.00 bits per heavy atom. The van der Waals surface area contributed by atoms with Crippen LogP contribution < -0.4 is 0 Å². The number of hydrogen-bond donors (Lipinski definition) is 0. The van der Waals surface area contributed by atoms with Crippen LogP contribution in [0, 0.1) is 0 Å². The number of halogens is 1. The zero-order chi connectivity index (χ0) is 3.58. The van der Waals surface area contributed by atoms with E-state index in [0.29, 0.717) is 0 Å². The van der Waals surface area contributed by atoms with E-state index in [9.17, 15) is 0 Å². The van der Waals surface area contributed by atoms with Crippen molar-refractivity contribution in [1.29, 1.82) is 0 Å². The van der Waals surface area contributed by atoms with E-state index in [1.807, 2.05) is 7.57 Å². The second kappa shape index (κ2) is 2.25. The van der Waals surface area contributed by atoms with E-state index in [2.05, 4.69) is 11.8 Å². The summed E-state index contributed by atoms with van der Waals surface area (Å²) in [6, 6.07) is 0. The van der Waals surface area contributed by atoms with Crippen molar-refractivity contribution in [3.8, 4) is 0 Å². The summed E-state index contributed by atoms with van der Waals surface area (Å²) in [4.78, 5) is 0. The Balaban J connectivity index is 2.80. The lowest BCUT2D eigenvalue weighted by atomic mass is 10.8. The van der Waals surface area contributed by atoms with Gasteiger partial charge in [0.15, 0.2) is 7.57 Å². The summed E-state index contributed by atoms with van der Waals surface area (Å²) in [6.07, 6.45) is 0. The van der Waals surface area contributed by atoms with Crippen LogP contribution in [-0.2, 0) is 11.8 Å². The third-order valence-electron chi connectivity index (χ3n) is 0. The quantitative estimate of drug-likeness (QED) is 0.322. The first kappa shape index (κ1) is 5.00. The van der Waals surface area contributed by atoms with Crippen molar-refractivity contribution >= 4 is 36.5 Å². The van der Waals surface area contributed by atoms with E-state index >= 15 is 0 Å². The number of hydrogen-bond acceptors (Lipinski definition) is 1. The van der Waals surface area contributed by atoms with Crippen molar-refractivity contribution in [2.75, 3.05) is 0 Å². The van der Waals surface area contributed by atoms with Crippen LogP contribution in [0.1, 0.15) is 0 Å². The molecule has 0 nitrogen and oxygen atoms in total. The SMILES string of the molecule is B[PH](=S)Cl. The summed E-state index contributed by atoms with van der Waals surface area (Å²) >= 11 is 9.68. The normalized spacial score (nSPS) is 15.2. The highest BCUT2D eigenvalue weighted by molar-refractivity contribution is 8.28. The molecule has 0 aromatic heterocycles. The van der Waals surface area contributed by atoms with E-state index in [1.54, 1.807) is 0 Å². The van der Waals surface area contributed by atoms with Crippen LogP contribution >= 0.6 is 17.2 Å². The van der Waals surface area contributed by atoms with Crippen LogP contribution in [-0.4, -0.2) is 7.57 Å². The topological polar surface area (TPSA) is 0 Å². The van der Waals surface area contributed by atoms with Gasteiger partial charge in [0.1, 0.15) is 0 Å². The standard InChI is InChI=1S/BClH3PS/c1-3(2)4/h3H,1H2. The maximum atomic E-state index is 5.19. The third-order valence-corrected chi connectivity index (χ3v) is 0. The fourth-order valence-electron chi connectivity index (χ4n) is 0. The Hall–Kier alpha value is 1.00. The highest BCUT2D eigenvalue weighted by Gasteiger charge is 1.58. The van der Waals surface area contributed by atoms with Crippen molar-refractivity contribution in [2.24, 2.45) is 0 Å². The zero-order valence-electron chi connectivity index (χ0n) is 2.29. The van der Waals surface area contributed by atoms with Gasteiger partial charge in [-0.05, 0) is 5.93 Å². The van der Waals surface area contributed by atoms with Gasteiger partial charge in [0, 0.05) is 0 Å². The van der Waals surface area contributed by atoms with Crippen LogP contribution in [0.25, 0.3) is 0 Å². The molecule has 0 aliphatic rings. The lowest BCUT2D eigenvalue weighted by Gasteiger charge is -1.59. The van der Waals surface area contributed by atoms with Gasteiger partial charge in [-0.3, -0.25) is 0 Å². The van der Waals surface area contributed by atoms with Gasteiger partial charge < -0.3 is 0 Å². The van der Waals surface area contributed by atoms with Crippen molar-refractivity contribution < 1.29 is 0 Å². The fourth-order valence-corrected chi connectivity index (χ4v) is 0. The van der Waals surface area contributed by atoms with Crippen molar-refractivity contribution in [3.05, 3.63) is 0 Å². The molecule has 0 rings (SSSR count). The van der Waals surface area contributed by atoms with Gasteiger partial charge in [0.05, 0.1) is 0 Å². The van der Waals surface area contributed by atoms with Gasteiger partial charge in [-0.25, -0.2) is 0 Å². The van der Waals surface area contributed by atoms with Crippen LogP contribution in [0.3, 0.4) is 0 Å². The fraction of sp³-hybridized carbons (Fsp3) is 0. The average molecular weight is 112 g/mol. The number of rotatable bonds is 0. The maximum absolute atomic E-state index is 5.19. The molecule has 0 saturated heterocycles. The van der Waals surface area contributed by atoms with Crippen LogP contribution in [0.5, 0.6) is 0 Å². The molecule has 0 heterocycles. The molecule has 0 N–H and O–H groups in total. The van der Waals surface area contributed by atoms with Crippen molar-refractivity contribution in [1.82, 2.24) is 0 Å². The lowest BCUT2D eigenvalue weighted by Crippen LogP contribution is -1.23. The van der Waals surface area contributed by atoms with E-state index in [4.69, 9.17) is 11.2 Å². The molecule has 0 amide bonds. The summed E-state index contributed by atoms with van der Waals surface area (Å²) in [7, 11) is 1.85. The Bertz CT molecular complexity index is 31.0. The van der Waals surface area contributed by atoms with Gasteiger partial charge in [-0.1, -0.05) is 23.0 Å². The van der Waals surface area contributed by atoms with E-state index in [0.717, 1.165) is 0 Å². The summed E-state index contributed by atoms with van der Waals surface area (Å²) in [5.41, 5.74) is 0. The molecule has 0 aromatic rings. The minimum atomic E-state index is -0.824. The third kappa shape index (κ3) is 12.0. The molecule has 1 atom stereocenters. The molecule has 4 heteroatoms. The zero-order valence-corrected chi connectivity index (χ0v) is 4.86. The predicted molar refractivity (Wildman–Crippen MR) is 30.1 cm³/mol. The van der Waals surface area contributed by atoms with Gasteiger partial charge in [0.25, 0.3) is 0 Å². The predicted octanol–water partition coefficient (Wildman–Crippen LogP) is 0.364. The Morgan fingerprint density at radius 1 is 2.00 bits per heavy atom. The molecule has 24 valence electrons. The first-order chi connectivity index (χ1) is 1.73. The summed E-state index contributed by atoms with van der Waals surface area (Å²) < 4.78 is 0. The molecular weight excluding hydrogens is 109 g/mol. The van der Waals surface area contributed by atoms with Crippen molar-refractivity contribution in [2.45, 2.75) is 0 Å². The van der Waals surface area contributed by atoms with Crippen molar-refractivity contribution in [3.63, 3.8) is 0 Å². The molecule has 0 aliphatic heterocycles. The molecular formula is H3BClPS. The molecule has 1 unspecified atom stereocenters. The van der Waals surface area contributed by atoms with Gasteiger partial charge >= 0.3 is 0 Å². The first-order valence-corrected chi connectivity index (χ1v) is 5.04. The Labute approximate surface area is 37.1 Å². The second-order valence-electron chi connectivity index (χ2n) is 0.470. The molecule has 0 fully saturated rings. The monoisotopic (exact) mass is 112 g/mol. The highest BCUT2D eigenvalue weighted by atomic mass is 35.7. The molecule has 0 aromatic carbocycles. The Kier molecular flexibility index (Phi) is 2.82. The first-order valence-electron chi connectivity index (χ1n) is 0.893. The summed E-state index contributed by atoms with van der Waals surface area (Å²) in [6.45, 7) is 0. The summed E-state index contributed by atoms with van der Waals surface area (Å²) in [5.74, 6) is -0.824. The van der Waals surface area contributed by atoms with E-state index in [1.165, 1.54) is 0 Å². The van der Waals surface area contributed by atoms with Crippen LogP contribution in [0.15, 0.2) is 0 Å². The van der Waals surface area contributed by atoms with Gasteiger partial charge in [-0.2, -0.15) is 0 Å². The summed E-state index contributed by atoms with van der Waals surface area (Å²) in [5, 5.41) is 0.